The summed E-state index contributed by atoms with van der Waals surface area (Å²) in [6.07, 6.45) is 30.5. The van der Waals surface area contributed by atoms with E-state index in [1.165, 1.54) is 112 Å². The highest BCUT2D eigenvalue weighted by Crippen LogP contribution is 2.56. The van der Waals surface area contributed by atoms with E-state index < -0.39 is 11.6 Å². The first-order chi connectivity index (χ1) is 64.5. The highest BCUT2D eigenvalue weighted by atomic mass is 32.1. The van der Waals surface area contributed by atoms with Crippen LogP contribution in [0, 0.1) is 55.9 Å². The van der Waals surface area contributed by atoms with Crippen molar-refractivity contribution >= 4 is 110 Å². The van der Waals surface area contributed by atoms with Crippen LogP contribution in [0.2, 0.25) is 0 Å². The van der Waals surface area contributed by atoms with Gasteiger partial charge in [0.25, 0.3) is 0 Å². The van der Waals surface area contributed by atoms with E-state index >= 15 is 17.6 Å². The van der Waals surface area contributed by atoms with Gasteiger partial charge in [-0.2, -0.15) is 0 Å². The van der Waals surface area contributed by atoms with Crippen molar-refractivity contribution in [2.24, 2.45) is 11.8 Å². The largest absolute Gasteiger partial charge is 0.494 e. The fourth-order valence-electron chi connectivity index (χ4n) is 18.5. The molecule has 0 radical (unpaired) electrons. The van der Waals surface area contributed by atoms with Crippen LogP contribution < -0.4 is 14.2 Å². The predicted molar refractivity (Wildman–Crippen MR) is 559 cm³/mol. The van der Waals surface area contributed by atoms with Crippen LogP contribution in [-0.4, -0.2) is 39.8 Å². The van der Waals surface area contributed by atoms with Gasteiger partial charge in [-0.15, -0.1) is 68.0 Å². The van der Waals surface area contributed by atoms with Gasteiger partial charge >= 0.3 is 0 Å². The van der Waals surface area contributed by atoms with Gasteiger partial charge in [0.1, 0.15) is 40.5 Å². The fourth-order valence-corrected chi connectivity index (χ4v) is 25.5. The number of rotatable bonds is 47. The van der Waals surface area contributed by atoms with Crippen LogP contribution >= 0.6 is 68.0 Å². The Morgan fingerprint density at radius 1 is 0.295 bits per heavy atom. The van der Waals surface area contributed by atoms with Crippen LogP contribution in [0.3, 0.4) is 0 Å². The summed E-state index contributed by atoms with van der Waals surface area (Å²) in [4.78, 5) is 31.0. The number of halogens is 4. The molecule has 0 aliphatic rings. The van der Waals surface area contributed by atoms with Gasteiger partial charge in [-0.05, 0) is 173 Å². The second-order valence-corrected chi connectivity index (χ2v) is 42.7. The van der Waals surface area contributed by atoms with Crippen molar-refractivity contribution in [3.8, 4) is 135 Å². The lowest BCUT2D eigenvalue weighted by molar-refractivity contribution is 0.304. The van der Waals surface area contributed by atoms with E-state index in [0.29, 0.717) is 82.2 Å². The molecule has 0 spiro atoms. The van der Waals surface area contributed by atoms with E-state index in [9.17, 15) is 0 Å². The molecule has 16 aromatic rings. The minimum absolute atomic E-state index is 0.135. The highest BCUT2D eigenvalue weighted by molar-refractivity contribution is 7.25. The van der Waals surface area contributed by atoms with Crippen molar-refractivity contribution in [3.05, 3.63) is 231 Å². The van der Waals surface area contributed by atoms with Gasteiger partial charge in [0.15, 0.2) is 0 Å². The lowest BCUT2D eigenvalue weighted by atomic mass is 9.95. The molecule has 8 heterocycles. The Kier molecular flexibility index (Phi) is 32.9. The third-order valence-corrected chi connectivity index (χ3v) is 32.8. The number of fused-ring (bicyclic) bond motifs is 4. The highest BCUT2D eigenvalue weighted by Gasteiger charge is 2.31. The minimum Gasteiger partial charge on any atom is -0.494 e. The zero-order chi connectivity index (χ0) is 91.7. The zero-order valence-corrected chi connectivity index (χ0v) is 83.3. The molecule has 0 fully saturated rings. The molecule has 0 aliphatic heterocycles. The Bertz CT molecular complexity index is 6530. The molecule has 2 unspecified atom stereocenters. The maximum absolute atomic E-state index is 17.7. The molecule has 0 saturated heterocycles. The second kappa shape index (κ2) is 45.5. The Balaban J connectivity index is 0.826. The van der Waals surface area contributed by atoms with E-state index in [-0.39, 0.29) is 22.8 Å². The summed E-state index contributed by atoms with van der Waals surface area (Å²) in [5, 5.41) is 1.99. The average Bonchev–Trinajstić information content (AvgIpc) is 1.56. The predicted octanol–water partition coefficient (Wildman–Crippen LogP) is 37.8. The fraction of sp³-hybridized carbons (Fsp3) is 0.374. The number of thiophene rings is 6. The first kappa shape index (κ1) is 95.4. The van der Waals surface area contributed by atoms with Gasteiger partial charge in [0.05, 0.1) is 64.7 Å². The molecule has 686 valence electrons. The molecule has 8 aromatic heterocycles. The Morgan fingerprint density at radius 3 is 1.08 bits per heavy atom. The van der Waals surface area contributed by atoms with Crippen molar-refractivity contribution in [2.75, 3.05) is 19.8 Å². The van der Waals surface area contributed by atoms with Crippen LogP contribution in [-0.2, 0) is 12.8 Å². The lowest BCUT2D eigenvalue weighted by Gasteiger charge is -2.16. The van der Waals surface area contributed by atoms with Gasteiger partial charge in [-0.3, -0.25) is 0 Å². The quantitative estimate of drug-likeness (QED) is 0.0278. The molecule has 0 saturated carbocycles. The summed E-state index contributed by atoms with van der Waals surface area (Å²) in [7, 11) is 0. The monoisotopic (exact) mass is 1880 g/mol. The maximum Gasteiger partial charge on any atom is 0.137 e. The first-order valence-corrected chi connectivity index (χ1v) is 53.6. The van der Waals surface area contributed by atoms with Gasteiger partial charge in [0.2, 0.25) is 0 Å². The Labute approximate surface area is 802 Å². The van der Waals surface area contributed by atoms with Gasteiger partial charge in [-0.1, -0.05) is 281 Å². The topological polar surface area (TPSA) is 79.3 Å². The smallest absolute Gasteiger partial charge is 0.137 e. The molecular formula is C115H124F4N4O3S6. The number of benzene rings is 8. The van der Waals surface area contributed by atoms with Crippen molar-refractivity contribution in [2.45, 2.75) is 249 Å². The van der Waals surface area contributed by atoms with Crippen LogP contribution in [0.1, 0.15) is 241 Å². The molecule has 0 amide bonds. The average molecular weight is 1880 g/mol. The summed E-state index contributed by atoms with van der Waals surface area (Å²) in [5.74, 6) is 1.51. The van der Waals surface area contributed by atoms with Crippen LogP contribution in [0.25, 0.3) is 160 Å². The van der Waals surface area contributed by atoms with E-state index in [2.05, 4.69) is 160 Å². The van der Waals surface area contributed by atoms with Gasteiger partial charge in [0, 0.05) is 130 Å². The molecule has 2 atom stereocenters. The first-order valence-electron chi connectivity index (χ1n) is 48.7. The van der Waals surface area contributed by atoms with E-state index in [1.807, 2.05) is 66.7 Å². The second-order valence-electron chi connectivity index (χ2n) is 36.0. The Hall–Kier alpha value is -9.72. The van der Waals surface area contributed by atoms with E-state index in [4.69, 9.17) is 34.1 Å². The number of unbranched alkanes of at least 4 members (excludes halogenated alkanes) is 17. The van der Waals surface area contributed by atoms with Crippen molar-refractivity contribution in [1.29, 1.82) is 0 Å². The zero-order valence-electron chi connectivity index (χ0n) is 78.4. The number of hydrogen-bond donors (Lipinski definition) is 0. The SMILES string of the molecule is CCCCCCCCOc1cccc(-c2nc3c(C)ccc(-c4ccc(-c5cc(F)c(-c6ccc(-c7ccc(-c8cc9c(-c%10cc(F)c(CC(CC)CCCC)s%10)c%10sc(C)cc%10c(-c%10cc(F)c(CC(CC)CCCC)s%10)c9s8)c8nc(-c9cccc(OCCCCCCCC)c9)c(-c9cccc(OCCCCCCCC)c9)nc78)s6)cc5F)s4)c3nc2-c2cccc(C)c2)c1. The molecule has 8 aromatic carbocycles. The number of ether oxygens (including phenoxy) is 3. The third kappa shape index (κ3) is 22.3. The molecular weight excluding hydrogens is 1750 g/mol. The number of aryl methyl sites for hydroxylation is 3. The van der Waals surface area contributed by atoms with E-state index in [1.54, 1.807) is 57.5 Å². The molecule has 132 heavy (non-hydrogen) atoms. The summed E-state index contributed by atoms with van der Waals surface area (Å²) in [6.45, 7) is 23.7. The molecule has 16 rings (SSSR count). The molecule has 7 nitrogen and oxygen atoms in total. The normalized spacial score (nSPS) is 12.3. The number of hydrogen-bond acceptors (Lipinski definition) is 13. The summed E-state index contributed by atoms with van der Waals surface area (Å²) >= 11 is 9.29. The molecule has 0 aliphatic carbocycles. The number of aromatic nitrogens is 4. The lowest BCUT2D eigenvalue weighted by Crippen LogP contribution is -2.03. The molecule has 0 N–H and O–H groups in total. The van der Waals surface area contributed by atoms with Crippen LogP contribution in [0.15, 0.2) is 182 Å². The third-order valence-electron chi connectivity index (χ3n) is 26.0. The van der Waals surface area contributed by atoms with E-state index in [0.717, 1.165) is 244 Å². The van der Waals surface area contributed by atoms with Crippen molar-refractivity contribution in [3.63, 3.8) is 0 Å². The summed E-state index contributed by atoms with van der Waals surface area (Å²) < 4.78 is 91.3. The van der Waals surface area contributed by atoms with Crippen LogP contribution in [0.4, 0.5) is 17.6 Å². The standard InChI is InChI=1S/C115H124F4N4O3S6/c1-11-18-23-26-29-32-57-124-81-46-36-43-78(64-81)108-107(77-42-35-39-72(8)60-77)121-111-84(50-49-73(9)106(111)120-108)95-53-55-97(128-95)87-67-92(117)88(68-91(87)116)98-56-54-96(129-98)85-51-52-86(113-112(85)122-109(79-44-37-47-82(65-79)125-58-33-30-27-24-19-12-2)110(123-113)80-45-38-48-83(66-80)126-59-34-31-28-25-20-13-3)99-69-90-105(103-71-94(119)101(131-103)63-76(17-7)41-22-15-5)114-89(61-74(10)127-114)104(115(90)132-99)102-70-93(118)100(130-102)62-75(16-6)40-21-14-4/h35-39,42-56,60-61,64-71,75-76H,11-34,40-41,57-59,62-63H2,1-10H3. The molecule has 0 bridgehead atoms. The summed E-state index contributed by atoms with van der Waals surface area (Å²) in [6, 6.07) is 59.8. The van der Waals surface area contributed by atoms with Crippen molar-refractivity contribution in [1.82, 2.24) is 19.9 Å². The van der Waals surface area contributed by atoms with Crippen LogP contribution in [0.5, 0.6) is 17.2 Å². The van der Waals surface area contributed by atoms with Gasteiger partial charge < -0.3 is 14.2 Å². The Morgan fingerprint density at radius 2 is 0.659 bits per heavy atom. The van der Waals surface area contributed by atoms with Gasteiger partial charge in [-0.25, -0.2) is 37.5 Å². The van der Waals surface area contributed by atoms with Crippen molar-refractivity contribution < 1.29 is 31.8 Å². The number of nitrogens with zero attached hydrogens (tertiary/aromatic N) is 4. The molecule has 17 heteroatoms. The minimum atomic E-state index is -0.562. The summed E-state index contributed by atoms with van der Waals surface area (Å²) in [5.41, 5.74) is 15.6. The maximum atomic E-state index is 17.7.